The molecule has 1 aliphatic carbocycles. The first-order valence-corrected chi connectivity index (χ1v) is 6.93. The van der Waals surface area contributed by atoms with E-state index in [9.17, 15) is 0 Å². The molecule has 1 N–H and O–H groups in total. The van der Waals surface area contributed by atoms with Gasteiger partial charge in [-0.25, -0.2) is 0 Å². The molecule has 1 heteroatoms. The minimum absolute atomic E-state index is 0.684. The van der Waals surface area contributed by atoms with Gasteiger partial charge in [-0.15, -0.1) is 0 Å². The molecule has 15 heavy (non-hydrogen) atoms. The fourth-order valence-corrected chi connectivity index (χ4v) is 2.99. The minimum atomic E-state index is 0.684. The molecule has 0 amide bonds. The maximum Gasteiger partial charge on any atom is 0.000790 e. The second-order valence-corrected chi connectivity index (χ2v) is 5.63. The van der Waals surface area contributed by atoms with Crippen molar-refractivity contribution in [2.75, 3.05) is 13.1 Å². The van der Waals surface area contributed by atoms with Crippen LogP contribution >= 0.6 is 0 Å². The van der Waals surface area contributed by atoms with Crippen molar-refractivity contribution in [3.8, 4) is 0 Å². The molecule has 1 saturated carbocycles. The van der Waals surface area contributed by atoms with Crippen LogP contribution in [-0.4, -0.2) is 13.1 Å². The normalized spacial score (nSPS) is 21.0. The Balaban J connectivity index is 2.25. The number of rotatable bonds is 8. The average Bonchev–Trinajstić information content (AvgIpc) is 2.14. The molecule has 90 valence electrons. The summed E-state index contributed by atoms with van der Waals surface area (Å²) < 4.78 is 0. The fourth-order valence-electron chi connectivity index (χ4n) is 2.99. The quantitative estimate of drug-likeness (QED) is 0.599. The standard InChI is InChI=1S/C14H29N/c1-4-7-13(3)11-14(8-6-9-14)12-15-10-5-2/h13,15H,4-12H2,1-3H3. The third-order valence-electron chi connectivity index (χ3n) is 3.90. The number of hydrogen-bond donors (Lipinski definition) is 1. The van der Waals surface area contributed by atoms with Crippen molar-refractivity contribution >= 4 is 0 Å². The Morgan fingerprint density at radius 2 is 1.93 bits per heavy atom. The number of hydrogen-bond acceptors (Lipinski definition) is 1. The highest BCUT2D eigenvalue weighted by Gasteiger charge is 2.37. The van der Waals surface area contributed by atoms with Crippen molar-refractivity contribution < 1.29 is 0 Å². The molecule has 1 fully saturated rings. The summed E-state index contributed by atoms with van der Waals surface area (Å²) in [4.78, 5) is 0. The third kappa shape index (κ3) is 4.14. The van der Waals surface area contributed by atoms with E-state index in [1.807, 2.05) is 0 Å². The van der Waals surface area contributed by atoms with Crippen LogP contribution in [0, 0.1) is 11.3 Å². The molecule has 0 aromatic heterocycles. The zero-order valence-electron chi connectivity index (χ0n) is 10.9. The van der Waals surface area contributed by atoms with E-state index in [1.54, 1.807) is 0 Å². The van der Waals surface area contributed by atoms with Crippen LogP contribution in [0.2, 0.25) is 0 Å². The summed E-state index contributed by atoms with van der Waals surface area (Å²) >= 11 is 0. The van der Waals surface area contributed by atoms with E-state index >= 15 is 0 Å². The topological polar surface area (TPSA) is 12.0 Å². The second kappa shape index (κ2) is 6.52. The molecule has 0 spiro atoms. The molecule has 1 aliphatic rings. The lowest BCUT2D eigenvalue weighted by Gasteiger charge is -2.44. The van der Waals surface area contributed by atoms with Crippen LogP contribution in [0.25, 0.3) is 0 Å². The summed E-state index contributed by atoms with van der Waals surface area (Å²) in [5, 5.41) is 3.63. The van der Waals surface area contributed by atoms with Crippen molar-refractivity contribution in [1.29, 1.82) is 0 Å². The van der Waals surface area contributed by atoms with Gasteiger partial charge >= 0.3 is 0 Å². The molecule has 1 unspecified atom stereocenters. The monoisotopic (exact) mass is 211 g/mol. The van der Waals surface area contributed by atoms with Crippen LogP contribution in [-0.2, 0) is 0 Å². The molecule has 0 heterocycles. The van der Waals surface area contributed by atoms with Crippen molar-refractivity contribution in [3.63, 3.8) is 0 Å². The van der Waals surface area contributed by atoms with Crippen LogP contribution in [0.4, 0.5) is 0 Å². The van der Waals surface area contributed by atoms with E-state index in [4.69, 9.17) is 0 Å². The molecular formula is C14H29N. The molecule has 1 nitrogen and oxygen atoms in total. The van der Waals surface area contributed by atoms with E-state index < -0.39 is 0 Å². The van der Waals surface area contributed by atoms with Gasteiger partial charge in [-0.2, -0.15) is 0 Å². The Morgan fingerprint density at radius 3 is 2.40 bits per heavy atom. The summed E-state index contributed by atoms with van der Waals surface area (Å²) in [7, 11) is 0. The van der Waals surface area contributed by atoms with Crippen LogP contribution in [0.5, 0.6) is 0 Å². The Hall–Kier alpha value is -0.0400. The number of nitrogens with one attached hydrogen (secondary N) is 1. The van der Waals surface area contributed by atoms with Gasteiger partial charge in [0.25, 0.3) is 0 Å². The summed E-state index contributed by atoms with van der Waals surface area (Å²) in [5.74, 6) is 0.929. The second-order valence-electron chi connectivity index (χ2n) is 5.63. The Kier molecular flexibility index (Phi) is 5.66. The van der Waals surface area contributed by atoms with Gasteiger partial charge in [0, 0.05) is 6.54 Å². The molecule has 0 bridgehead atoms. The van der Waals surface area contributed by atoms with Gasteiger partial charge < -0.3 is 5.32 Å². The van der Waals surface area contributed by atoms with Crippen molar-refractivity contribution in [2.45, 2.75) is 65.7 Å². The first kappa shape index (κ1) is 13.0. The molecular weight excluding hydrogens is 182 g/mol. The van der Waals surface area contributed by atoms with Gasteiger partial charge in [0.1, 0.15) is 0 Å². The van der Waals surface area contributed by atoms with Crippen LogP contribution in [0.1, 0.15) is 65.7 Å². The molecule has 1 atom stereocenters. The predicted molar refractivity (Wildman–Crippen MR) is 68.1 cm³/mol. The lowest BCUT2D eigenvalue weighted by Crippen LogP contribution is -2.41. The van der Waals surface area contributed by atoms with E-state index in [0.29, 0.717) is 5.41 Å². The zero-order valence-corrected chi connectivity index (χ0v) is 10.9. The molecule has 0 saturated heterocycles. The van der Waals surface area contributed by atoms with E-state index in [1.165, 1.54) is 58.0 Å². The van der Waals surface area contributed by atoms with E-state index in [2.05, 4.69) is 26.1 Å². The van der Waals surface area contributed by atoms with Gasteiger partial charge in [-0.3, -0.25) is 0 Å². The zero-order chi connectivity index (χ0) is 11.1. The van der Waals surface area contributed by atoms with E-state index in [-0.39, 0.29) is 0 Å². The SMILES string of the molecule is CCCNCC1(CC(C)CCC)CCC1. The van der Waals surface area contributed by atoms with Crippen LogP contribution in [0.15, 0.2) is 0 Å². The summed E-state index contributed by atoms with van der Waals surface area (Å²) in [5.41, 5.74) is 0.684. The molecule has 0 aliphatic heterocycles. The van der Waals surface area contributed by atoms with Crippen LogP contribution < -0.4 is 5.32 Å². The van der Waals surface area contributed by atoms with Crippen molar-refractivity contribution in [2.24, 2.45) is 11.3 Å². The lowest BCUT2D eigenvalue weighted by molar-refractivity contribution is 0.0928. The van der Waals surface area contributed by atoms with Gasteiger partial charge in [-0.05, 0) is 43.6 Å². The van der Waals surface area contributed by atoms with Gasteiger partial charge in [0.2, 0.25) is 0 Å². The van der Waals surface area contributed by atoms with Crippen LogP contribution in [0.3, 0.4) is 0 Å². The van der Waals surface area contributed by atoms with Gasteiger partial charge in [-0.1, -0.05) is 40.0 Å². The molecule has 1 rings (SSSR count). The average molecular weight is 211 g/mol. The maximum absolute atomic E-state index is 3.63. The Labute approximate surface area is 96.0 Å². The van der Waals surface area contributed by atoms with Gasteiger partial charge in [0.05, 0.1) is 0 Å². The first-order valence-electron chi connectivity index (χ1n) is 6.93. The molecule has 0 aromatic carbocycles. The maximum atomic E-state index is 3.63. The summed E-state index contributed by atoms with van der Waals surface area (Å²) in [6.07, 6.45) is 9.88. The smallest absolute Gasteiger partial charge is 0.000790 e. The third-order valence-corrected chi connectivity index (χ3v) is 3.90. The highest BCUT2D eigenvalue weighted by molar-refractivity contribution is 4.90. The van der Waals surface area contributed by atoms with Gasteiger partial charge in [0.15, 0.2) is 0 Å². The van der Waals surface area contributed by atoms with E-state index in [0.717, 1.165) is 5.92 Å². The van der Waals surface area contributed by atoms with Crippen molar-refractivity contribution in [3.05, 3.63) is 0 Å². The largest absolute Gasteiger partial charge is 0.316 e. The predicted octanol–water partition coefficient (Wildman–Crippen LogP) is 3.98. The Bertz CT molecular complexity index is 161. The fraction of sp³-hybridized carbons (Fsp3) is 1.00. The highest BCUT2D eigenvalue weighted by atomic mass is 14.9. The first-order chi connectivity index (χ1) is 7.22. The Morgan fingerprint density at radius 1 is 1.20 bits per heavy atom. The molecule has 0 radical (unpaired) electrons. The lowest BCUT2D eigenvalue weighted by atomic mass is 9.64. The molecule has 0 aromatic rings. The highest BCUT2D eigenvalue weighted by Crippen LogP contribution is 2.45. The minimum Gasteiger partial charge on any atom is -0.316 e. The summed E-state index contributed by atoms with van der Waals surface area (Å²) in [6.45, 7) is 9.46. The van der Waals surface area contributed by atoms with Crippen molar-refractivity contribution in [1.82, 2.24) is 5.32 Å². The summed E-state index contributed by atoms with van der Waals surface area (Å²) in [6, 6.07) is 0.